The molecule has 0 aliphatic carbocycles. The fourth-order valence-corrected chi connectivity index (χ4v) is 1.74. The number of hydroxylamine groups is 3. The highest BCUT2D eigenvalue weighted by Gasteiger charge is 2.19. The highest BCUT2D eigenvalue weighted by Crippen LogP contribution is 2.07. The first-order valence-corrected chi connectivity index (χ1v) is 5.76. The van der Waals surface area contributed by atoms with Gasteiger partial charge in [-0.1, -0.05) is 0 Å². The van der Waals surface area contributed by atoms with Crippen molar-refractivity contribution in [2.75, 3.05) is 12.4 Å². The predicted octanol–water partition coefficient (Wildman–Crippen LogP) is -1.38. The minimum atomic E-state index is -2.17. The SMILES string of the molecule is CC(Cn1cnc2c(=O)[nH]c(N)nc21)NC[N+](O)(O)O. The van der Waals surface area contributed by atoms with Crippen LogP contribution in [0.5, 0.6) is 0 Å². The monoisotopic (exact) mass is 286 g/mol. The number of aromatic amines is 1. The number of quaternary nitrogens is 1. The number of hydrogen-bond acceptors (Lipinski definition) is 8. The van der Waals surface area contributed by atoms with Crippen LogP contribution >= 0.6 is 0 Å². The number of nitrogens with two attached hydrogens (primary N) is 1. The second-order valence-corrected chi connectivity index (χ2v) is 4.48. The molecule has 1 unspecified atom stereocenters. The molecule has 110 valence electrons. The summed E-state index contributed by atoms with van der Waals surface area (Å²) in [5.41, 5.74) is 5.55. The maximum Gasteiger partial charge on any atom is 0.280 e. The second-order valence-electron chi connectivity index (χ2n) is 4.48. The molecule has 7 N–H and O–H groups in total. The lowest BCUT2D eigenvalue weighted by Gasteiger charge is -2.17. The van der Waals surface area contributed by atoms with Crippen molar-refractivity contribution in [1.29, 1.82) is 0 Å². The molecule has 0 saturated carbocycles. The summed E-state index contributed by atoms with van der Waals surface area (Å²) in [5.74, 6) is -0.0124. The summed E-state index contributed by atoms with van der Waals surface area (Å²) in [6, 6.07) is -0.251. The minimum absolute atomic E-state index is 0.0124. The molecule has 0 aliphatic rings. The molecule has 0 spiro atoms. The molecule has 20 heavy (non-hydrogen) atoms. The van der Waals surface area contributed by atoms with Crippen molar-refractivity contribution in [3.05, 3.63) is 16.7 Å². The summed E-state index contributed by atoms with van der Waals surface area (Å²) in [4.78, 5) is 19.7. The first-order valence-electron chi connectivity index (χ1n) is 5.76. The molecule has 0 aliphatic heterocycles. The van der Waals surface area contributed by atoms with E-state index in [4.69, 9.17) is 21.4 Å². The van der Waals surface area contributed by atoms with Crippen LogP contribution in [0.2, 0.25) is 0 Å². The number of nitrogens with one attached hydrogen (secondary N) is 2. The third kappa shape index (κ3) is 3.28. The van der Waals surface area contributed by atoms with Crippen molar-refractivity contribution >= 4 is 17.1 Å². The number of hydrogen-bond donors (Lipinski definition) is 6. The van der Waals surface area contributed by atoms with Gasteiger partial charge >= 0.3 is 0 Å². The van der Waals surface area contributed by atoms with Gasteiger partial charge in [-0.15, -0.1) is 15.6 Å². The van der Waals surface area contributed by atoms with Crippen molar-refractivity contribution in [2.45, 2.75) is 19.5 Å². The van der Waals surface area contributed by atoms with Gasteiger partial charge in [-0.05, 0) is 6.92 Å². The van der Waals surface area contributed by atoms with Gasteiger partial charge in [0.05, 0.1) is 6.33 Å². The smallest absolute Gasteiger partial charge is 0.280 e. The Hall–Kier alpha value is -2.05. The number of fused-ring (bicyclic) bond motifs is 1. The summed E-state index contributed by atoms with van der Waals surface area (Å²) in [5, 5.41) is 28.9. The standard InChI is InChI=1S/C9H15N7O4/c1-5(12-4-16(18,19)20)2-15-3-11-6-7(15)13-9(10)14-8(6)17/h3,5,12,18-20H,2,4H2,1H3,(H2-,10,13,14,17)/p+1. The van der Waals surface area contributed by atoms with Gasteiger partial charge in [0.2, 0.25) is 12.6 Å². The number of imidazole rings is 1. The Morgan fingerprint density at radius 1 is 1.55 bits per heavy atom. The third-order valence-corrected chi connectivity index (χ3v) is 2.62. The lowest BCUT2D eigenvalue weighted by Crippen LogP contribution is -2.48. The number of rotatable bonds is 5. The predicted molar refractivity (Wildman–Crippen MR) is 65.6 cm³/mol. The van der Waals surface area contributed by atoms with Gasteiger partial charge in [-0.2, -0.15) is 4.98 Å². The van der Waals surface area contributed by atoms with Gasteiger partial charge < -0.3 is 10.3 Å². The molecule has 0 bridgehead atoms. The maximum atomic E-state index is 11.6. The Morgan fingerprint density at radius 2 is 2.25 bits per heavy atom. The number of aromatic nitrogens is 4. The zero-order chi connectivity index (χ0) is 14.9. The lowest BCUT2D eigenvalue weighted by molar-refractivity contribution is -1.37. The van der Waals surface area contributed by atoms with E-state index in [0.717, 1.165) is 0 Å². The quantitative estimate of drug-likeness (QED) is 0.222. The van der Waals surface area contributed by atoms with Crippen molar-refractivity contribution < 1.29 is 20.6 Å². The topological polar surface area (TPSA) is 162 Å². The van der Waals surface area contributed by atoms with Gasteiger partial charge in [-0.3, -0.25) is 15.1 Å². The van der Waals surface area contributed by atoms with Crippen LogP contribution in [-0.2, 0) is 6.54 Å². The average Bonchev–Trinajstić information content (AvgIpc) is 2.69. The van der Waals surface area contributed by atoms with Crippen LogP contribution in [0.15, 0.2) is 11.1 Å². The Bertz CT molecular complexity index is 658. The summed E-state index contributed by atoms with van der Waals surface area (Å²) < 4.78 is 1.60. The van der Waals surface area contributed by atoms with Crippen LogP contribution in [0.1, 0.15) is 6.92 Å². The third-order valence-electron chi connectivity index (χ3n) is 2.62. The van der Waals surface area contributed by atoms with E-state index < -0.39 is 17.2 Å². The molecular formula is C9H16N7O4+. The summed E-state index contributed by atoms with van der Waals surface area (Å²) >= 11 is 0. The summed E-state index contributed by atoms with van der Waals surface area (Å²) in [6.45, 7) is 1.61. The van der Waals surface area contributed by atoms with E-state index in [9.17, 15) is 4.79 Å². The van der Waals surface area contributed by atoms with E-state index in [1.54, 1.807) is 11.5 Å². The molecule has 11 nitrogen and oxygen atoms in total. The fourth-order valence-electron chi connectivity index (χ4n) is 1.74. The van der Waals surface area contributed by atoms with Crippen LogP contribution in [-0.4, -0.2) is 52.8 Å². The first kappa shape index (κ1) is 14.4. The van der Waals surface area contributed by atoms with Crippen LogP contribution < -0.4 is 16.6 Å². The van der Waals surface area contributed by atoms with Crippen LogP contribution in [0.4, 0.5) is 5.95 Å². The van der Waals surface area contributed by atoms with E-state index in [1.165, 1.54) is 6.33 Å². The highest BCUT2D eigenvalue weighted by molar-refractivity contribution is 5.70. The maximum absolute atomic E-state index is 11.6. The molecule has 2 aromatic heterocycles. The molecule has 2 heterocycles. The van der Waals surface area contributed by atoms with Gasteiger partial charge in [-0.25, -0.2) is 4.98 Å². The number of nitrogens with zero attached hydrogens (tertiary/aromatic N) is 4. The van der Waals surface area contributed by atoms with E-state index in [1.807, 2.05) is 0 Å². The molecule has 0 fully saturated rings. The van der Waals surface area contributed by atoms with Gasteiger partial charge in [0.25, 0.3) is 5.56 Å². The molecule has 0 saturated heterocycles. The van der Waals surface area contributed by atoms with Crippen molar-refractivity contribution in [3.63, 3.8) is 0 Å². The Labute approximate surface area is 112 Å². The summed E-state index contributed by atoms with van der Waals surface area (Å²) in [6.07, 6.45) is 1.43. The van der Waals surface area contributed by atoms with E-state index in [-0.39, 0.29) is 17.5 Å². The Morgan fingerprint density at radius 3 is 2.90 bits per heavy atom. The molecular weight excluding hydrogens is 270 g/mol. The fraction of sp³-hybridized carbons (Fsp3) is 0.444. The molecule has 0 amide bonds. The lowest BCUT2D eigenvalue weighted by atomic mass is 10.3. The number of H-pyrrole nitrogens is 1. The number of nitrogen functional groups attached to an aromatic ring is 1. The first-order chi connectivity index (χ1) is 9.26. The summed E-state index contributed by atoms with van der Waals surface area (Å²) in [7, 11) is 0. The minimum Gasteiger partial charge on any atom is -0.369 e. The second kappa shape index (κ2) is 5.15. The number of anilines is 1. The van der Waals surface area contributed by atoms with Gasteiger partial charge in [0, 0.05) is 12.6 Å². The molecule has 2 aromatic rings. The van der Waals surface area contributed by atoms with Crippen LogP contribution in [0, 0.1) is 0 Å². The zero-order valence-electron chi connectivity index (χ0n) is 10.7. The highest BCUT2D eigenvalue weighted by atomic mass is 17.1. The van der Waals surface area contributed by atoms with E-state index in [2.05, 4.69) is 20.3 Å². The molecule has 0 aromatic carbocycles. The Balaban J connectivity index is 2.16. The average molecular weight is 286 g/mol. The van der Waals surface area contributed by atoms with Gasteiger partial charge in [0.1, 0.15) is 4.97 Å². The van der Waals surface area contributed by atoms with Crippen molar-refractivity contribution in [2.24, 2.45) is 0 Å². The molecule has 11 heteroatoms. The van der Waals surface area contributed by atoms with Crippen LogP contribution in [0.3, 0.4) is 0 Å². The molecule has 0 radical (unpaired) electrons. The van der Waals surface area contributed by atoms with E-state index in [0.29, 0.717) is 12.2 Å². The largest absolute Gasteiger partial charge is 0.369 e. The van der Waals surface area contributed by atoms with Crippen molar-refractivity contribution in [1.82, 2.24) is 24.8 Å². The van der Waals surface area contributed by atoms with E-state index >= 15 is 0 Å². The Kier molecular flexibility index (Phi) is 3.69. The van der Waals surface area contributed by atoms with Crippen LogP contribution in [0.25, 0.3) is 11.2 Å². The van der Waals surface area contributed by atoms with Gasteiger partial charge in [0.15, 0.2) is 11.2 Å². The van der Waals surface area contributed by atoms with Crippen molar-refractivity contribution in [3.8, 4) is 0 Å². The zero-order valence-corrected chi connectivity index (χ0v) is 10.7. The molecule has 1 atom stereocenters. The normalized spacial score (nSPS) is 13.8. The molecule has 2 rings (SSSR count).